The van der Waals surface area contributed by atoms with E-state index in [1.165, 1.54) is 12.1 Å². The fraction of sp³-hybridized carbons (Fsp3) is 0.350. The van der Waals surface area contributed by atoms with E-state index in [0.717, 1.165) is 43.4 Å². The molecule has 3 rings (SSSR count). The molecule has 1 saturated carbocycles. The van der Waals surface area contributed by atoms with Crippen molar-refractivity contribution < 1.29 is 18.0 Å². The molecular formula is C20H19F3O. The van der Waals surface area contributed by atoms with E-state index in [1.54, 1.807) is 6.07 Å². The predicted molar refractivity (Wildman–Crippen MR) is 86.6 cm³/mol. The molecule has 0 heterocycles. The van der Waals surface area contributed by atoms with E-state index in [0.29, 0.717) is 17.9 Å². The second kappa shape index (κ2) is 6.80. The van der Waals surface area contributed by atoms with Crippen molar-refractivity contribution in [3.05, 3.63) is 70.5 Å². The monoisotopic (exact) mass is 332 g/mol. The Balaban J connectivity index is 1.85. The molecule has 0 aromatic heterocycles. The summed E-state index contributed by atoms with van der Waals surface area (Å²) in [6.45, 7) is 2.22. The Bertz CT molecular complexity index is 741. The lowest BCUT2D eigenvalue weighted by atomic mass is 9.79. The molecule has 0 radical (unpaired) electrons. The largest absolute Gasteiger partial charge is 0.288 e. The molecule has 0 atom stereocenters. The van der Waals surface area contributed by atoms with Crippen LogP contribution in [0.15, 0.2) is 36.4 Å². The van der Waals surface area contributed by atoms with Gasteiger partial charge in [0.05, 0.1) is 5.56 Å². The highest BCUT2D eigenvalue weighted by Gasteiger charge is 2.22. The number of carbonyl (C=O) groups is 1. The number of benzene rings is 2. The predicted octanol–water partition coefficient (Wildman–Crippen LogP) is 5.63. The third kappa shape index (κ3) is 3.53. The number of carbonyl (C=O) groups excluding carboxylic acids is 1. The molecule has 0 aliphatic heterocycles. The number of hydrogen-bond donors (Lipinski definition) is 0. The smallest absolute Gasteiger partial charge is 0.196 e. The Kier molecular flexibility index (Phi) is 4.74. The second-order valence-electron chi connectivity index (χ2n) is 6.68. The molecule has 1 aliphatic carbocycles. The molecule has 0 bridgehead atoms. The van der Waals surface area contributed by atoms with Gasteiger partial charge in [-0.05, 0) is 54.5 Å². The van der Waals surface area contributed by atoms with Crippen LogP contribution < -0.4 is 0 Å². The third-order valence-electron chi connectivity index (χ3n) is 4.85. The zero-order valence-corrected chi connectivity index (χ0v) is 13.5. The number of ketones is 1. The quantitative estimate of drug-likeness (QED) is 0.666. The molecule has 0 unspecified atom stereocenters. The van der Waals surface area contributed by atoms with Crippen molar-refractivity contribution in [1.82, 2.24) is 0 Å². The standard InChI is InChI=1S/C20H19F3O/c1-12-2-4-13(5-3-12)14-6-7-18(19(23)10-14)20(24)15-8-16(21)11-17(22)9-15/h6-13H,2-5H2,1H3. The van der Waals surface area contributed by atoms with Crippen molar-refractivity contribution in [3.8, 4) is 0 Å². The molecule has 0 saturated heterocycles. The van der Waals surface area contributed by atoms with Gasteiger partial charge in [0.25, 0.3) is 0 Å². The lowest BCUT2D eigenvalue weighted by Gasteiger charge is -2.26. The summed E-state index contributed by atoms with van der Waals surface area (Å²) >= 11 is 0. The van der Waals surface area contributed by atoms with Gasteiger partial charge in [0.15, 0.2) is 5.78 Å². The normalized spacial score (nSPS) is 20.8. The van der Waals surface area contributed by atoms with Crippen LogP contribution in [0.4, 0.5) is 13.2 Å². The van der Waals surface area contributed by atoms with Gasteiger partial charge < -0.3 is 0 Å². The molecule has 0 amide bonds. The van der Waals surface area contributed by atoms with Crippen LogP contribution in [-0.4, -0.2) is 5.78 Å². The van der Waals surface area contributed by atoms with Crippen LogP contribution in [0.25, 0.3) is 0 Å². The van der Waals surface area contributed by atoms with E-state index in [1.807, 2.05) is 0 Å². The van der Waals surface area contributed by atoms with Gasteiger partial charge in [0.1, 0.15) is 17.5 Å². The Labute approximate surface area is 139 Å². The van der Waals surface area contributed by atoms with Crippen molar-refractivity contribution in [2.75, 3.05) is 0 Å². The van der Waals surface area contributed by atoms with Crippen molar-refractivity contribution in [2.45, 2.75) is 38.5 Å². The maximum absolute atomic E-state index is 14.4. The van der Waals surface area contributed by atoms with Gasteiger partial charge in [-0.1, -0.05) is 25.8 Å². The summed E-state index contributed by atoms with van der Waals surface area (Å²) in [6.07, 6.45) is 4.27. The lowest BCUT2D eigenvalue weighted by Crippen LogP contribution is -2.12. The molecule has 1 fully saturated rings. The number of rotatable bonds is 3. The van der Waals surface area contributed by atoms with Gasteiger partial charge in [-0.3, -0.25) is 4.79 Å². The van der Waals surface area contributed by atoms with Gasteiger partial charge in [0.2, 0.25) is 0 Å². The highest BCUT2D eigenvalue weighted by atomic mass is 19.1. The number of halogens is 3. The highest BCUT2D eigenvalue weighted by Crippen LogP contribution is 2.36. The molecule has 0 N–H and O–H groups in total. The van der Waals surface area contributed by atoms with Crippen LogP contribution in [-0.2, 0) is 0 Å². The van der Waals surface area contributed by atoms with Crippen molar-refractivity contribution >= 4 is 5.78 Å². The minimum atomic E-state index is -0.855. The Hall–Kier alpha value is -2.10. The van der Waals surface area contributed by atoms with Crippen LogP contribution in [0.3, 0.4) is 0 Å². The molecule has 1 nitrogen and oxygen atoms in total. The first-order valence-electron chi connectivity index (χ1n) is 8.24. The molecule has 0 spiro atoms. The van der Waals surface area contributed by atoms with Gasteiger partial charge in [-0.2, -0.15) is 0 Å². The average Bonchev–Trinajstić information content (AvgIpc) is 2.54. The van der Waals surface area contributed by atoms with Crippen molar-refractivity contribution in [3.63, 3.8) is 0 Å². The van der Waals surface area contributed by atoms with E-state index in [2.05, 4.69) is 6.92 Å². The number of hydrogen-bond acceptors (Lipinski definition) is 1. The average molecular weight is 332 g/mol. The summed E-state index contributed by atoms with van der Waals surface area (Å²) in [5.74, 6) is -2.05. The molecule has 126 valence electrons. The van der Waals surface area contributed by atoms with Crippen LogP contribution in [0.5, 0.6) is 0 Å². The Morgan fingerprint density at radius 2 is 1.54 bits per heavy atom. The second-order valence-corrected chi connectivity index (χ2v) is 6.68. The summed E-state index contributed by atoms with van der Waals surface area (Å²) < 4.78 is 40.9. The fourth-order valence-corrected chi connectivity index (χ4v) is 3.40. The summed E-state index contributed by atoms with van der Waals surface area (Å²) in [7, 11) is 0. The highest BCUT2D eigenvalue weighted by molar-refractivity contribution is 6.09. The van der Waals surface area contributed by atoms with Gasteiger partial charge in [-0.25, -0.2) is 13.2 Å². The summed E-state index contributed by atoms with van der Waals surface area (Å²) in [5.41, 5.74) is 0.542. The van der Waals surface area contributed by atoms with E-state index in [4.69, 9.17) is 0 Å². The summed E-state index contributed by atoms with van der Waals surface area (Å²) in [5, 5.41) is 0. The molecule has 1 aliphatic rings. The Morgan fingerprint density at radius 3 is 2.12 bits per heavy atom. The molecule has 2 aromatic carbocycles. The van der Waals surface area contributed by atoms with E-state index in [-0.39, 0.29) is 11.1 Å². The first kappa shape index (κ1) is 16.7. The lowest BCUT2D eigenvalue weighted by molar-refractivity contribution is 0.103. The summed E-state index contributed by atoms with van der Waals surface area (Å²) in [6, 6.07) is 7.09. The first-order chi connectivity index (χ1) is 11.4. The van der Waals surface area contributed by atoms with Crippen LogP contribution in [0.2, 0.25) is 0 Å². The van der Waals surface area contributed by atoms with Crippen molar-refractivity contribution in [2.24, 2.45) is 5.92 Å². The summed E-state index contributed by atoms with van der Waals surface area (Å²) in [4.78, 5) is 12.3. The maximum atomic E-state index is 14.4. The van der Waals surface area contributed by atoms with Crippen LogP contribution in [0.1, 0.15) is 60.0 Å². The Morgan fingerprint density at radius 1 is 0.917 bits per heavy atom. The van der Waals surface area contributed by atoms with E-state index < -0.39 is 23.2 Å². The van der Waals surface area contributed by atoms with E-state index >= 15 is 0 Å². The minimum absolute atomic E-state index is 0.159. The minimum Gasteiger partial charge on any atom is -0.288 e. The van der Waals surface area contributed by atoms with Gasteiger partial charge in [-0.15, -0.1) is 0 Å². The van der Waals surface area contributed by atoms with E-state index in [9.17, 15) is 18.0 Å². The van der Waals surface area contributed by atoms with Gasteiger partial charge >= 0.3 is 0 Å². The first-order valence-corrected chi connectivity index (χ1v) is 8.24. The van der Waals surface area contributed by atoms with Gasteiger partial charge in [0, 0.05) is 11.6 Å². The zero-order valence-electron chi connectivity index (χ0n) is 13.5. The molecule has 4 heteroatoms. The van der Waals surface area contributed by atoms with Crippen LogP contribution in [0, 0.1) is 23.4 Å². The van der Waals surface area contributed by atoms with Crippen LogP contribution >= 0.6 is 0 Å². The topological polar surface area (TPSA) is 17.1 Å². The fourth-order valence-electron chi connectivity index (χ4n) is 3.40. The molecule has 24 heavy (non-hydrogen) atoms. The maximum Gasteiger partial charge on any atom is 0.196 e. The SMILES string of the molecule is CC1CCC(c2ccc(C(=O)c3cc(F)cc(F)c3)c(F)c2)CC1. The molecular weight excluding hydrogens is 313 g/mol. The molecule has 2 aromatic rings. The van der Waals surface area contributed by atoms with Crippen molar-refractivity contribution in [1.29, 1.82) is 0 Å². The zero-order chi connectivity index (χ0) is 17.3. The third-order valence-corrected chi connectivity index (χ3v) is 4.85.